The number of fused-ring (bicyclic) bond motifs is 1. The van der Waals surface area contributed by atoms with E-state index >= 15 is 0 Å². The fourth-order valence-corrected chi connectivity index (χ4v) is 3.30. The Labute approximate surface area is 131 Å². The second-order valence-corrected chi connectivity index (χ2v) is 6.15. The van der Waals surface area contributed by atoms with Crippen LogP contribution in [-0.4, -0.2) is 28.8 Å². The quantitative estimate of drug-likeness (QED) is 0.595. The molecule has 3 aromatic rings. The van der Waals surface area contributed by atoms with Crippen molar-refractivity contribution in [1.82, 2.24) is 9.97 Å². The number of nitrogens with zero attached hydrogens (tertiary/aromatic N) is 1. The maximum atomic E-state index is 12.7. The van der Waals surface area contributed by atoms with Crippen LogP contribution in [0.25, 0.3) is 10.9 Å². The second-order valence-electron chi connectivity index (χ2n) is 4.94. The molecule has 0 aliphatic carbocycles. The first-order valence-corrected chi connectivity index (χ1v) is 7.51. The summed E-state index contributed by atoms with van der Waals surface area (Å²) in [7, 11) is 1.30. The molecular weight excluding hydrogens is 300 g/mol. The van der Waals surface area contributed by atoms with Gasteiger partial charge >= 0.3 is 5.97 Å². The van der Waals surface area contributed by atoms with E-state index in [0.29, 0.717) is 15.4 Å². The van der Waals surface area contributed by atoms with E-state index in [2.05, 4.69) is 14.7 Å². The first-order chi connectivity index (χ1) is 10.5. The molecule has 0 saturated heterocycles. The zero-order valence-electron chi connectivity index (χ0n) is 12.4. The molecule has 0 amide bonds. The van der Waals surface area contributed by atoms with E-state index in [1.54, 1.807) is 13.1 Å². The summed E-state index contributed by atoms with van der Waals surface area (Å²) >= 11 is 1.20. The SMILES string of the molecule is COC(=O)c1nc(C(=O)c2c[nH]c3cccc(C)c23)sc1C. The number of hydrogen-bond donors (Lipinski definition) is 1. The molecule has 0 fully saturated rings. The lowest BCUT2D eigenvalue weighted by Gasteiger charge is -1.99. The third-order valence-electron chi connectivity index (χ3n) is 3.53. The number of methoxy groups -OCH3 is 1. The maximum Gasteiger partial charge on any atom is 0.357 e. The monoisotopic (exact) mass is 314 g/mol. The van der Waals surface area contributed by atoms with Gasteiger partial charge < -0.3 is 9.72 Å². The number of benzene rings is 1. The number of nitrogens with one attached hydrogen (secondary N) is 1. The summed E-state index contributed by atoms with van der Waals surface area (Å²) in [5.74, 6) is -0.716. The van der Waals surface area contributed by atoms with Crippen molar-refractivity contribution >= 4 is 34.0 Å². The first-order valence-electron chi connectivity index (χ1n) is 6.70. The molecule has 3 rings (SSSR count). The molecule has 0 unspecified atom stereocenters. The molecule has 0 atom stereocenters. The van der Waals surface area contributed by atoms with Crippen LogP contribution in [0.15, 0.2) is 24.4 Å². The highest BCUT2D eigenvalue weighted by Gasteiger charge is 2.23. The van der Waals surface area contributed by atoms with Gasteiger partial charge in [-0.1, -0.05) is 12.1 Å². The van der Waals surface area contributed by atoms with E-state index in [9.17, 15) is 9.59 Å². The number of aryl methyl sites for hydroxylation is 2. The van der Waals surface area contributed by atoms with E-state index in [1.165, 1.54) is 18.4 Å². The Hall–Kier alpha value is -2.47. The number of carbonyl (C=O) groups excluding carboxylic acids is 2. The number of H-pyrrole nitrogens is 1. The predicted molar refractivity (Wildman–Crippen MR) is 84.7 cm³/mol. The molecule has 22 heavy (non-hydrogen) atoms. The lowest BCUT2D eigenvalue weighted by atomic mass is 10.1. The number of carbonyl (C=O) groups is 2. The number of ether oxygens (including phenoxy) is 1. The first kappa shape index (κ1) is 14.5. The van der Waals surface area contributed by atoms with Gasteiger partial charge in [0.15, 0.2) is 10.7 Å². The molecule has 2 heterocycles. The van der Waals surface area contributed by atoms with Crippen LogP contribution in [0.4, 0.5) is 0 Å². The van der Waals surface area contributed by atoms with Crippen molar-refractivity contribution in [2.75, 3.05) is 7.11 Å². The van der Waals surface area contributed by atoms with Gasteiger partial charge in [-0.2, -0.15) is 0 Å². The van der Waals surface area contributed by atoms with Gasteiger partial charge in [0.05, 0.1) is 12.7 Å². The van der Waals surface area contributed by atoms with Gasteiger partial charge in [-0.15, -0.1) is 11.3 Å². The van der Waals surface area contributed by atoms with Gasteiger partial charge in [-0.25, -0.2) is 9.78 Å². The Balaban J connectivity index is 2.09. The normalized spacial score (nSPS) is 10.9. The van der Waals surface area contributed by atoms with Gasteiger partial charge in [0.2, 0.25) is 5.78 Å². The number of esters is 1. The minimum atomic E-state index is -0.525. The standard InChI is InChI=1S/C16H14N2O3S/c1-8-5-4-6-11-12(8)10(7-17-11)14(19)15-18-13(9(2)22-15)16(20)21-3/h4-7,17H,1-3H3. The van der Waals surface area contributed by atoms with Crippen LogP contribution in [0.5, 0.6) is 0 Å². The molecule has 2 aromatic heterocycles. The molecule has 112 valence electrons. The highest BCUT2D eigenvalue weighted by molar-refractivity contribution is 7.14. The van der Waals surface area contributed by atoms with Gasteiger partial charge in [-0.05, 0) is 25.5 Å². The minimum absolute atomic E-state index is 0.191. The molecule has 0 aliphatic heterocycles. The Bertz CT molecular complexity index is 892. The summed E-state index contributed by atoms with van der Waals surface area (Å²) in [6, 6.07) is 5.82. The average Bonchev–Trinajstić information content (AvgIpc) is 3.10. The second kappa shape index (κ2) is 5.38. The van der Waals surface area contributed by atoms with Crippen molar-refractivity contribution in [3.05, 3.63) is 51.1 Å². The predicted octanol–water partition coefficient (Wildman–Crippen LogP) is 3.26. The lowest BCUT2D eigenvalue weighted by molar-refractivity contribution is 0.0594. The Morgan fingerprint density at radius 1 is 1.27 bits per heavy atom. The van der Waals surface area contributed by atoms with Gasteiger partial charge in [0, 0.05) is 22.0 Å². The number of thiazole rings is 1. The Morgan fingerprint density at radius 3 is 2.77 bits per heavy atom. The summed E-state index contributed by atoms with van der Waals surface area (Å²) in [6.45, 7) is 3.71. The van der Waals surface area contributed by atoms with Crippen LogP contribution in [0.1, 0.15) is 36.3 Å². The Kier molecular flexibility index (Phi) is 3.54. The summed E-state index contributed by atoms with van der Waals surface area (Å²) < 4.78 is 4.68. The fraction of sp³-hybridized carbons (Fsp3) is 0.188. The third-order valence-corrected chi connectivity index (χ3v) is 4.50. The third kappa shape index (κ3) is 2.21. The average molecular weight is 314 g/mol. The van der Waals surface area contributed by atoms with Crippen LogP contribution >= 0.6 is 11.3 Å². The zero-order chi connectivity index (χ0) is 15.9. The molecule has 1 N–H and O–H groups in total. The zero-order valence-corrected chi connectivity index (χ0v) is 13.2. The van der Waals surface area contributed by atoms with Crippen LogP contribution < -0.4 is 0 Å². The molecule has 0 spiro atoms. The molecule has 0 saturated carbocycles. The molecular formula is C16H14N2O3S. The van der Waals surface area contributed by atoms with Gasteiger partial charge in [0.1, 0.15) is 0 Å². The molecule has 0 radical (unpaired) electrons. The maximum absolute atomic E-state index is 12.7. The largest absolute Gasteiger partial charge is 0.464 e. The molecule has 1 aromatic carbocycles. The van der Waals surface area contributed by atoms with E-state index in [1.807, 2.05) is 25.1 Å². The number of aromatic amines is 1. The molecule has 5 nitrogen and oxygen atoms in total. The number of ketones is 1. The van der Waals surface area contributed by atoms with Crippen LogP contribution in [0.3, 0.4) is 0 Å². The van der Waals surface area contributed by atoms with Gasteiger partial charge in [0.25, 0.3) is 0 Å². The summed E-state index contributed by atoms with van der Waals surface area (Å²) in [4.78, 5) is 32.3. The van der Waals surface area contributed by atoms with Crippen molar-refractivity contribution in [3.63, 3.8) is 0 Å². The van der Waals surface area contributed by atoms with Crippen molar-refractivity contribution < 1.29 is 14.3 Å². The summed E-state index contributed by atoms with van der Waals surface area (Å²) in [5.41, 5.74) is 2.69. The topological polar surface area (TPSA) is 72.0 Å². The van der Waals surface area contributed by atoms with Crippen LogP contribution in [0.2, 0.25) is 0 Å². The van der Waals surface area contributed by atoms with E-state index in [4.69, 9.17) is 0 Å². The summed E-state index contributed by atoms with van der Waals surface area (Å²) in [6.07, 6.45) is 1.69. The number of aromatic nitrogens is 2. The summed E-state index contributed by atoms with van der Waals surface area (Å²) in [5, 5.41) is 1.18. The van der Waals surface area contributed by atoms with Crippen molar-refractivity contribution in [1.29, 1.82) is 0 Å². The highest BCUT2D eigenvalue weighted by Crippen LogP contribution is 2.27. The minimum Gasteiger partial charge on any atom is -0.464 e. The molecule has 0 aliphatic rings. The van der Waals surface area contributed by atoms with E-state index in [-0.39, 0.29) is 11.5 Å². The fourth-order valence-electron chi connectivity index (χ4n) is 2.44. The van der Waals surface area contributed by atoms with Crippen molar-refractivity contribution in [3.8, 4) is 0 Å². The van der Waals surface area contributed by atoms with Crippen molar-refractivity contribution in [2.24, 2.45) is 0 Å². The molecule has 6 heteroatoms. The smallest absolute Gasteiger partial charge is 0.357 e. The Morgan fingerprint density at radius 2 is 2.05 bits per heavy atom. The van der Waals surface area contributed by atoms with Crippen LogP contribution in [-0.2, 0) is 4.74 Å². The molecule has 0 bridgehead atoms. The van der Waals surface area contributed by atoms with Crippen LogP contribution in [0, 0.1) is 13.8 Å². The van der Waals surface area contributed by atoms with Gasteiger partial charge in [-0.3, -0.25) is 4.79 Å². The van der Waals surface area contributed by atoms with E-state index < -0.39 is 5.97 Å². The lowest BCUT2D eigenvalue weighted by Crippen LogP contribution is -2.05. The van der Waals surface area contributed by atoms with E-state index in [0.717, 1.165) is 16.5 Å². The number of rotatable bonds is 3. The highest BCUT2D eigenvalue weighted by atomic mass is 32.1. The number of hydrogen-bond acceptors (Lipinski definition) is 5. The van der Waals surface area contributed by atoms with Crippen molar-refractivity contribution in [2.45, 2.75) is 13.8 Å².